The van der Waals surface area contributed by atoms with Crippen molar-refractivity contribution in [3.63, 3.8) is 0 Å². The monoisotopic (exact) mass is 578 g/mol. The zero-order chi connectivity index (χ0) is 21.7. The van der Waals surface area contributed by atoms with E-state index in [4.69, 9.17) is 26.1 Å². The number of nitrogens with zero attached hydrogens (tertiary/aromatic N) is 3. The first-order valence-corrected chi connectivity index (χ1v) is 15.3. The molecule has 2 aromatic heterocycles. The third kappa shape index (κ3) is 5.22. The molecule has 3 aromatic rings. The Bertz CT molecular complexity index is 1010. The van der Waals surface area contributed by atoms with Gasteiger partial charge in [0.1, 0.15) is 22.6 Å². The predicted molar refractivity (Wildman–Crippen MR) is 137 cm³/mol. The van der Waals surface area contributed by atoms with Crippen LogP contribution >= 0.6 is 51.8 Å². The standard InChI is InChI=1S/C18H19ClIN4O2PS.C2H6/c1-10-21-17-13(8-16(19)23-18(17)24(10)27-20)22-12-4-3-11(7-15(12)28-2)14-9-25-5-6-26-14;1-2/h3-4,7-8,14,27H,5-6,9H2,1-2H3,(H,22,23);1-2H3. The number of fused-ring (bicyclic) bond motifs is 1. The molecule has 30 heavy (non-hydrogen) atoms. The maximum absolute atomic E-state index is 6.30. The van der Waals surface area contributed by atoms with Crippen LogP contribution in [0.5, 0.6) is 0 Å². The normalized spacial score (nSPS) is 16.7. The molecule has 0 spiro atoms. The van der Waals surface area contributed by atoms with E-state index in [0.717, 1.165) is 38.8 Å². The van der Waals surface area contributed by atoms with Gasteiger partial charge in [-0.05, 0) is 52.9 Å². The summed E-state index contributed by atoms with van der Waals surface area (Å²) in [6.07, 6.45) is 2.56. The maximum atomic E-state index is 6.30. The highest BCUT2D eigenvalue weighted by Crippen LogP contribution is 2.37. The van der Waals surface area contributed by atoms with Gasteiger partial charge in [-0.2, -0.15) is 0 Å². The van der Waals surface area contributed by atoms with E-state index in [1.807, 2.05) is 26.8 Å². The summed E-state index contributed by atoms with van der Waals surface area (Å²) in [5, 5.41) is 3.95. The molecule has 6 nitrogen and oxygen atoms in total. The number of thioether (sulfide) groups is 1. The third-order valence-electron chi connectivity index (χ3n) is 4.52. The van der Waals surface area contributed by atoms with Crippen LogP contribution in [0.3, 0.4) is 0 Å². The van der Waals surface area contributed by atoms with Gasteiger partial charge in [0.25, 0.3) is 0 Å². The fraction of sp³-hybridized carbons (Fsp3) is 0.400. The van der Waals surface area contributed by atoms with E-state index < -0.39 is 0 Å². The Morgan fingerprint density at radius 3 is 2.70 bits per heavy atom. The van der Waals surface area contributed by atoms with Gasteiger partial charge in [-0.3, -0.25) is 4.34 Å². The highest BCUT2D eigenvalue weighted by molar-refractivity contribution is 14.2. The zero-order valence-electron chi connectivity index (χ0n) is 17.3. The Labute approximate surface area is 201 Å². The van der Waals surface area contributed by atoms with Crippen molar-refractivity contribution in [3.8, 4) is 0 Å². The average Bonchev–Trinajstić information content (AvgIpc) is 3.11. The van der Waals surface area contributed by atoms with Gasteiger partial charge >= 0.3 is 0 Å². The van der Waals surface area contributed by atoms with E-state index in [2.05, 4.69) is 61.1 Å². The van der Waals surface area contributed by atoms with E-state index in [1.165, 1.54) is 0 Å². The molecule has 0 bridgehead atoms. The Balaban J connectivity index is 0.00000124. The Morgan fingerprint density at radius 2 is 2.03 bits per heavy atom. The maximum Gasteiger partial charge on any atom is 0.167 e. The van der Waals surface area contributed by atoms with Crippen molar-refractivity contribution in [1.82, 2.24) is 14.3 Å². The molecule has 10 heteroatoms. The number of halogens is 2. The topological polar surface area (TPSA) is 61.2 Å². The van der Waals surface area contributed by atoms with Crippen molar-refractivity contribution in [1.29, 1.82) is 0 Å². The van der Waals surface area contributed by atoms with Crippen molar-refractivity contribution in [3.05, 3.63) is 40.8 Å². The first kappa shape index (κ1) is 24.0. The van der Waals surface area contributed by atoms with Gasteiger partial charge in [-0.15, -0.1) is 11.8 Å². The molecule has 3 heterocycles. The molecule has 0 saturated carbocycles. The molecule has 0 aliphatic carbocycles. The van der Waals surface area contributed by atoms with Crippen LogP contribution in [-0.2, 0) is 9.47 Å². The molecule has 0 radical (unpaired) electrons. The second-order valence-electron chi connectivity index (χ2n) is 6.26. The lowest BCUT2D eigenvalue weighted by atomic mass is 10.1. The molecule has 1 aliphatic rings. The highest BCUT2D eigenvalue weighted by Gasteiger charge is 2.19. The molecular weight excluding hydrogens is 554 g/mol. The Morgan fingerprint density at radius 1 is 1.23 bits per heavy atom. The van der Waals surface area contributed by atoms with E-state index in [-0.39, 0.29) is 6.10 Å². The lowest BCUT2D eigenvalue weighted by Gasteiger charge is -2.24. The summed E-state index contributed by atoms with van der Waals surface area (Å²) < 4.78 is 13.4. The quantitative estimate of drug-likeness (QED) is 0.156. The molecule has 1 N–H and O–H groups in total. The van der Waals surface area contributed by atoms with E-state index >= 15 is 0 Å². The molecule has 1 fully saturated rings. The molecule has 2 atom stereocenters. The van der Waals surface area contributed by atoms with Crippen molar-refractivity contribution in [2.24, 2.45) is 0 Å². The smallest absolute Gasteiger partial charge is 0.167 e. The minimum absolute atomic E-state index is 0.0150. The van der Waals surface area contributed by atoms with Crippen molar-refractivity contribution >= 4 is 74.3 Å². The lowest BCUT2D eigenvalue weighted by Crippen LogP contribution is -2.21. The van der Waals surface area contributed by atoms with Crippen molar-refractivity contribution in [2.75, 3.05) is 31.4 Å². The summed E-state index contributed by atoms with van der Waals surface area (Å²) in [7, 11) is 0. The minimum atomic E-state index is -0.0150. The van der Waals surface area contributed by atoms with Gasteiger partial charge in [-0.1, -0.05) is 31.5 Å². The second-order valence-corrected chi connectivity index (χ2v) is 9.56. The summed E-state index contributed by atoms with van der Waals surface area (Å²) >= 11 is 10.3. The summed E-state index contributed by atoms with van der Waals surface area (Å²) in [4.78, 5) is 10.3. The Kier molecular flexibility index (Phi) is 9.04. The van der Waals surface area contributed by atoms with Crippen LogP contribution in [-0.4, -0.2) is 40.4 Å². The summed E-state index contributed by atoms with van der Waals surface area (Å²) in [5.41, 5.74) is 4.60. The van der Waals surface area contributed by atoms with E-state index in [0.29, 0.717) is 31.3 Å². The number of benzene rings is 1. The molecule has 1 aromatic carbocycles. The van der Waals surface area contributed by atoms with Crippen LogP contribution in [0.4, 0.5) is 11.4 Å². The number of hydrogen-bond acceptors (Lipinski definition) is 6. The van der Waals surface area contributed by atoms with Gasteiger partial charge in [0.15, 0.2) is 5.65 Å². The molecular formula is C20H25ClIN4O2PS. The van der Waals surface area contributed by atoms with Crippen LogP contribution in [0.15, 0.2) is 29.2 Å². The summed E-state index contributed by atoms with van der Waals surface area (Å²) in [5.74, 6) is 0.926. The molecule has 1 aliphatic heterocycles. The first-order valence-electron chi connectivity index (χ1n) is 9.67. The third-order valence-corrected chi connectivity index (χ3v) is 7.64. The number of ether oxygens (including phenoxy) is 2. The summed E-state index contributed by atoms with van der Waals surface area (Å²) in [6, 6.07) is 8.14. The summed E-state index contributed by atoms with van der Waals surface area (Å²) in [6.45, 7) is 7.87. The molecule has 0 amide bonds. The SMILES string of the molecule is CC.CSc1cc(C2COCCO2)ccc1Nc1cc(Cl)nc2c1nc(C)n2PI. The average molecular weight is 579 g/mol. The van der Waals surface area contributed by atoms with Gasteiger partial charge in [-0.25, -0.2) is 9.97 Å². The number of hydrogen-bond donors (Lipinski definition) is 1. The first-order chi connectivity index (χ1) is 14.6. The van der Waals surface area contributed by atoms with Gasteiger partial charge < -0.3 is 14.8 Å². The van der Waals surface area contributed by atoms with Crippen molar-refractivity contribution < 1.29 is 9.47 Å². The van der Waals surface area contributed by atoms with Gasteiger partial charge in [0.2, 0.25) is 0 Å². The minimum Gasteiger partial charge on any atom is -0.376 e. The van der Waals surface area contributed by atoms with Gasteiger partial charge in [0, 0.05) is 11.0 Å². The number of pyridine rings is 1. The van der Waals surface area contributed by atoms with E-state index in [1.54, 1.807) is 11.8 Å². The van der Waals surface area contributed by atoms with Crippen LogP contribution in [0.1, 0.15) is 31.3 Å². The van der Waals surface area contributed by atoms with E-state index in [9.17, 15) is 0 Å². The number of aryl methyl sites for hydroxylation is 1. The van der Waals surface area contributed by atoms with Crippen LogP contribution in [0, 0.1) is 6.92 Å². The number of aromatic nitrogens is 3. The predicted octanol–water partition coefficient (Wildman–Crippen LogP) is 6.76. The molecule has 162 valence electrons. The fourth-order valence-corrected chi connectivity index (χ4v) is 6.08. The van der Waals surface area contributed by atoms with Gasteiger partial charge in [0.05, 0.1) is 37.6 Å². The second kappa shape index (κ2) is 11.3. The number of imidazole rings is 1. The van der Waals surface area contributed by atoms with Crippen LogP contribution in [0.25, 0.3) is 11.2 Å². The fourth-order valence-electron chi connectivity index (χ4n) is 3.16. The highest BCUT2D eigenvalue weighted by atomic mass is 127. The van der Waals surface area contributed by atoms with Crippen LogP contribution in [0.2, 0.25) is 5.15 Å². The number of anilines is 2. The molecule has 4 rings (SSSR count). The number of nitrogens with one attached hydrogen (secondary N) is 1. The molecule has 1 saturated heterocycles. The molecule has 2 unspecified atom stereocenters. The largest absolute Gasteiger partial charge is 0.376 e. The number of rotatable bonds is 5. The van der Waals surface area contributed by atoms with Crippen molar-refractivity contribution in [2.45, 2.75) is 31.8 Å². The lowest BCUT2D eigenvalue weighted by molar-refractivity contribution is -0.0902. The Hall–Kier alpha value is -0.640. The van der Waals surface area contributed by atoms with Crippen LogP contribution < -0.4 is 5.32 Å². The zero-order valence-corrected chi connectivity index (χ0v) is 22.1.